The Labute approximate surface area is 182 Å². The summed E-state index contributed by atoms with van der Waals surface area (Å²) in [6.07, 6.45) is 4.03. The molecule has 0 amide bonds. The number of rotatable bonds is 6. The number of aliphatic imine (C=N–C) groups is 1. The topological polar surface area (TPSA) is 40.1 Å². The predicted molar refractivity (Wildman–Crippen MR) is 127 cm³/mol. The first-order chi connectivity index (χ1) is 14.8. The molecule has 1 saturated heterocycles. The van der Waals surface area contributed by atoms with Crippen LogP contribution in [0.5, 0.6) is 5.75 Å². The number of thiophene rings is 1. The van der Waals surface area contributed by atoms with Crippen molar-refractivity contribution in [3.05, 3.63) is 53.4 Å². The van der Waals surface area contributed by atoms with Gasteiger partial charge in [0.1, 0.15) is 5.75 Å². The second-order valence-corrected chi connectivity index (χ2v) is 9.05. The molecule has 3 heterocycles. The molecule has 6 heteroatoms. The fourth-order valence-electron chi connectivity index (χ4n) is 4.45. The molecule has 2 aliphatic heterocycles. The van der Waals surface area contributed by atoms with E-state index in [0.717, 1.165) is 57.1 Å². The standard InChI is InChI=1S/C24H28N4OS/c1-27-16-18-14-20(7-8-22(18)26-17-27)29-12-3-4-19-15-25-10-11-28(19)23-5-2-6-24-21(23)9-13-30-24/h2,5-9,13-14,17,19,25H,3-4,10-12,15-16H2,1H3. The highest BCUT2D eigenvalue weighted by atomic mass is 32.1. The lowest BCUT2D eigenvalue weighted by molar-refractivity contribution is 0.295. The van der Waals surface area contributed by atoms with Gasteiger partial charge < -0.3 is 19.9 Å². The number of hydrogen-bond acceptors (Lipinski definition) is 6. The van der Waals surface area contributed by atoms with Crippen LogP contribution in [0.25, 0.3) is 10.1 Å². The van der Waals surface area contributed by atoms with Crippen molar-refractivity contribution in [1.29, 1.82) is 0 Å². The van der Waals surface area contributed by atoms with Crippen LogP contribution in [-0.4, -0.2) is 50.6 Å². The van der Waals surface area contributed by atoms with Crippen LogP contribution in [0, 0.1) is 0 Å². The SMILES string of the molecule is CN1C=Nc2ccc(OCCCC3CNCCN3c3cccc4sccc34)cc2C1. The van der Waals surface area contributed by atoms with E-state index in [1.807, 2.05) is 30.8 Å². The van der Waals surface area contributed by atoms with Crippen LogP contribution < -0.4 is 15.0 Å². The molecule has 156 valence electrons. The van der Waals surface area contributed by atoms with Crippen molar-refractivity contribution in [2.24, 2.45) is 4.99 Å². The van der Waals surface area contributed by atoms with Gasteiger partial charge in [-0.15, -0.1) is 11.3 Å². The highest BCUT2D eigenvalue weighted by molar-refractivity contribution is 7.17. The lowest BCUT2D eigenvalue weighted by Gasteiger charge is -2.38. The molecule has 1 aromatic heterocycles. The molecule has 1 fully saturated rings. The zero-order valence-corrected chi connectivity index (χ0v) is 18.2. The zero-order valence-electron chi connectivity index (χ0n) is 17.4. The molecule has 0 bridgehead atoms. The molecule has 0 spiro atoms. The van der Waals surface area contributed by atoms with Crippen molar-refractivity contribution >= 4 is 39.1 Å². The molecule has 2 aliphatic rings. The van der Waals surface area contributed by atoms with Gasteiger partial charge in [0.15, 0.2) is 0 Å². The Balaban J connectivity index is 1.20. The van der Waals surface area contributed by atoms with Crippen molar-refractivity contribution in [1.82, 2.24) is 10.2 Å². The lowest BCUT2D eigenvalue weighted by Crippen LogP contribution is -2.51. The summed E-state index contributed by atoms with van der Waals surface area (Å²) in [7, 11) is 2.04. The Morgan fingerprint density at radius 2 is 2.20 bits per heavy atom. The van der Waals surface area contributed by atoms with Crippen LogP contribution in [0.2, 0.25) is 0 Å². The van der Waals surface area contributed by atoms with Gasteiger partial charge in [0.25, 0.3) is 0 Å². The average molecular weight is 421 g/mol. The van der Waals surface area contributed by atoms with E-state index in [9.17, 15) is 0 Å². The van der Waals surface area contributed by atoms with Gasteiger partial charge in [-0.1, -0.05) is 6.07 Å². The van der Waals surface area contributed by atoms with Gasteiger partial charge in [-0.05, 0) is 54.6 Å². The fourth-order valence-corrected chi connectivity index (χ4v) is 5.26. The maximum absolute atomic E-state index is 6.09. The van der Waals surface area contributed by atoms with Crippen molar-refractivity contribution in [3.8, 4) is 5.75 Å². The maximum Gasteiger partial charge on any atom is 0.119 e. The second-order valence-electron chi connectivity index (χ2n) is 8.10. The number of piperazine rings is 1. The van der Waals surface area contributed by atoms with E-state index in [2.05, 4.69) is 61.9 Å². The van der Waals surface area contributed by atoms with Gasteiger partial charge >= 0.3 is 0 Å². The molecule has 30 heavy (non-hydrogen) atoms. The minimum absolute atomic E-state index is 0.499. The lowest BCUT2D eigenvalue weighted by atomic mass is 10.1. The number of ether oxygens (including phenoxy) is 1. The molecule has 5 nitrogen and oxygen atoms in total. The number of anilines is 1. The van der Waals surface area contributed by atoms with E-state index in [1.54, 1.807) is 0 Å². The number of nitrogens with one attached hydrogen (secondary N) is 1. The van der Waals surface area contributed by atoms with E-state index in [0.29, 0.717) is 6.04 Å². The minimum atomic E-state index is 0.499. The molecule has 0 aliphatic carbocycles. The largest absolute Gasteiger partial charge is 0.494 e. The Morgan fingerprint density at radius 3 is 3.17 bits per heavy atom. The third kappa shape index (κ3) is 4.02. The molecule has 3 aromatic rings. The maximum atomic E-state index is 6.09. The quantitative estimate of drug-likeness (QED) is 0.590. The number of hydrogen-bond donors (Lipinski definition) is 1. The Kier molecular flexibility index (Phi) is 5.60. The summed E-state index contributed by atoms with van der Waals surface area (Å²) in [6, 6.07) is 15.7. The summed E-state index contributed by atoms with van der Waals surface area (Å²) in [5, 5.41) is 7.15. The van der Waals surface area contributed by atoms with Gasteiger partial charge in [0.05, 0.1) is 18.6 Å². The monoisotopic (exact) mass is 420 g/mol. The molecule has 2 aromatic carbocycles. The summed E-state index contributed by atoms with van der Waals surface area (Å²) < 4.78 is 7.46. The van der Waals surface area contributed by atoms with E-state index in [1.165, 1.54) is 21.3 Å². The fraction of sp³-hybridized carbons (Fsp3) is 0.375. The van der Waals surface area contributed by atoms with Crippen molar-refractivity contribution in [2.45, 2.75) is 25.4 Å². The normalized spacial score (nSPS) is 18.6. The van der Waals surface area contributed by atoms with Crippen LogP contribution in [-0.2, 0) is 6.54 Å². The third-order valence-corrected chi connectivity index (χ3v) is 6.83. The number of fused-ring (bicyclic) bond motifs is 2. The highest BCUT2D eigenvalue weighted by Gasteiger charge is 2.23. The van der Waals surface area contributed by atoms with Gasteiger partial charge in [-0.2, -0.15) is 0 Å². The van der Waals surface area contributed by atoms with E-state index >= 15 is 0 Å². The molecular weight excluding hydrogens is 392 g/mol. The van der Waals surface area contributed by atoms with Gasteiger partial charge in [0.2, 0.25) is 0 Å². The van der Waals surface area contributed by atoms with E-state index < -0.39 is 0 Å². The number of nitrogens with zero attached hydrogens (tertiary/aromatic N) is 3. The van der Waals surface area contributed by atoms with Gasteiger partial charge in [-0.3, -0.25) is 0 Å². The minimum Gasteiger partial charge on any atom is -0.494 e. The molecular formula is C24H28N4OS. The van der Waals surface area contributed by atoms with E-state index in [4.69, 9.17) is 4.74 Å². The highest BCUT2D eigenvalue weighted by Crippen LogP contribution is 2.33. The second kappa shape index (κ2) is 8.66. The van der Waals surface area contributed by atoms with Crippen LogP contribution >= 0.6 is 11.3 Å². The first-order valence-corrected chi connectivity index (χ1v) is 11.6. The third-order valence-electron chi connectivity index (χ3n) is 5.95. The summed E-state index contributed by atoms with van der Waals surface area (Å²) in [5.41, 5.74) is 3.65. The van der Waals surface area contributed by atoms with Crippen molar-refractivity contribution in [2.75, 3.05) is 38.2 Å². The van der Waals surface area contributed by atoms with Crippen molar-refractivity contribution in [3.63, 3.8) is 0 Å². The van der Waals surface area contributed by atoms with E-state index in [-0.39, 0.29) is 0 Å². The zero-order chi connectivity index (χ0) is 20.3. The molecule has 0 radical (unpaired) electrons. The van der Waals surface area contributed by atoms with Crippen molar-refractivity contribution < 1.29 is 4.74 Å². The Hall–Kier alpha value is -2.57. The Bertz CT molecular complexity index is 1050. The van der Waals surface area contributed by atoms with Gasteiger partial charge in [0, 0.05) is 60.6 Å². The molecule has 1 unspecified atom stereocenters. The smallest absolute Gasteiger partial charge is 0.119 e. The summed E-state index contributed by atoms with van der Waals surface area (Å²) in [4.78, 5) is 9.14. The van der Waals surface area contributed by atoms with Gasteiger partial charge in [-0.25, -0.2) is 4.99 Å². The van der Waals surface area contributed by atoms with Crippen LogP contribution in [0.15, 0.2) is 52.8 Å². The van der Waals surface area contributed by atoms with Crippen LogP contribution in [0.3, 0.4) is 0 Å². The first-order valence-electron chi connectivity index (χ1n) is 10.7. The molecule has 1 atom stereocenters. The van der Waals surface area contributed by atoms with Crippen LogP contribution in [0.4, 0.5) is 11.4 Å². The molecule has 0 saturated carbocycles. The Morgan fingerprint density at radius 1 is 1.23 bits per heavy atom. The summed E-state index contributed by atoms with van der Waals surface area (Å²) in [5.74, 6) is 0.945. The first kappa shape index (κ1) is 19.4. The number of benzene rings is 2. The summed E-state index contributed by atoms with van der Waals surface area (Å²) >= 11 is 1.82. The predicted octanol–water partition coefficient (Wildman–Crippen LogP) is 4.64. The molecule has 5 rings (SSSR count). The van der Waals surface area contributed by atoms with Crippen LogP contribution in [0.1, 0.15) is 18.4 Å². The summed E-state index contributed by atoms with van der Waals surface area (Å²) in [6.45, 7) is 4.75. The average Bonchev–Trinajstić information content (AvgIpc) is 3.26. The molecule has 1 N–H and O–H groups in total.